The van der Waals surface area contributed by atoms with Crippen molar-refractivity contribution < 1.29 is 5.11 Å². The van der Waals surface area contributed by atoms with Gasteiger partial charge in [-0.05, 0) is 104 Å². The lowest BCUT2D eigenvalue weighted by atomic mass is 9.79. The zero-order valence-electron chi connectivity index (χ0n) is 31.6. The Bertz CT molecular complexity index is 2650. The van der Waals surface area contributed by atoms with Gasteiger partial charge in [-0.15, -0.1) is 0 Å². The van der Waals surface area contributed by atoms with Crippen molar-refractivity contribution in [3.8, 4) is 61.8 Å². The van der Waals surface area contributed by atoms with Gasteiger partial charge in [0.1, 0.15) is 11.6 Å². The van der Waals surface area contributed by atoms with Crippen LogP contribution in [0.15, 0.2) is 140 Å². The minimum atomic E-state index is -0.246. The average molecular weight is 692 g/mol. The molecule has 0 bridgehead atoms. The summed E-state index contributed by atoms with van der Waals surface area (Å²) >= 11 is 0. The Kier molecular flexibility index (Phi) is 8.30. The summed E-state index contributed by atoms with van der Waals surface area (Å²) in [5.74, 6) is 1.03. The second-order valence-electron chi connectivity index (χ2n) is 16.2. The molecule has 2 heterocycles. The van der Waals surface area contributed by atoms with E-state index in [1.165, 1.54) is 16.3 Å². The quantitative estimate of drug-likeness (QED) is 0.195. The second-order valence-corrected chi connectivity index (χ2v) is 16.2. The molecule has 0 aliphatic rings. The summed E-state index contributed by atoms with van der Waals surface area (Å²) in [4.78, 5) is 10.2. The molecule has 0 atom stereocenters. The number of pyridine rings is 1. The average Bonchev–Trinajstić information content (AvgIpc) is 3.49. The topological polar surface area (TPSA) is 50.9 Å². The summed E-state index contributed by atoms with van der Waals surface area (Å²) in [6.07, 6.45) is 1.91. The minimum Gasteiger partial charge on any atom is -0.507 e. The molecular formula is C49H45N3O. The molecule has 53 heavy (non-hydrogen) atoms. The molecule has 0 spiro atoms. The van der Waals surface area contributed by atoms with Gasteiger partial charge in [0.05, 0.1) is 22.3 Å². The van der Waals surface area contributed by atoms with Gasteiger partial charge in [-0.2, -0.15) is 0 Å². The van der Waals surface area contributed by atoms with Crippen molar-refractivity contribution in [1.82, 2.24) is 14.5 Å². The van der Waals surface area contributed by atoms with Crippen molar-refractivity contribution in [3.63, 3.8) is 0 Å². The molecule has 0 saturated heterocycles. The standard InChI is InChI=1S/C49H45N3O/c1-48(2,3)39-29-41(46(53)42(30-39)49(4,5)6)47-51-45-40(18-13-19-44(45)52(47)7)37-25-36(31-14-9-8-10-15-31)26-38(27-37)43-28-35(22-23-50-43)34-21-20-32-16-11-12-17-33(32)24-34/h8-30,53H,1-7H3. The highest BCUT2D eigenvalue weighted by atomic mass is 16.3. The van der Waals surface area contributed by atoms with Crippen LogP contribution in [0.2, 0.25) is 0 Å². The van der Waals surface area contributed by atoms with E-state index in [1.807, 2.05) is 19.3 Å². The predicted octanol–water partition coefficient (Wildman–Crippen LogP) is 12.8. The number of nitrogens with zero attached hydrogens (tertiary/aromatic N) is 3. The van der Waals surface area contributed by atoms with Crippen LogP contribution in [0.5, 0.6) is 5.75 Å². The molecule has 6 aromatic carbocycles. The number of rotatable bonds is 5. The molecule has 0 aliphatic heterocycles. The number of aromatic hydroxyl groups is 1. The summed E-state index contributed by atoms with van der Waals surface area (Å²) in [5.41, 5.74) is 12.9. The van der Waals surface area contributed by atoms with Crippen molar-refractivity contribution in [2.75, 3.05) is 0 Å². The summed E-state index contributed by atoms with van der Waals surface area (Å²) in [5, 5.41) is 14.3. The third kappa shape index (κ3) is 6.40. The number of hydrogen-bond acceptors (Lipinski definition) is 3. The zero-order chi connectivity index (χ0) is 37.1. The Balaban J connectivity index is 1.31. The van der Waals surface area contributed by atoms with Crippen LogP contribution in [-0.4, -0.2) is 19.6 Å². The van der Waals surface area contributed by atoms with E-state index in [0.29, 0.717) is 0 Å². The molecule has 262 valence electrons. The maximum Gasteiger partial charge on any atom is 0.144 e. The van der Waals surface area contributed by atoms with Crippen molar-refractivity contribution in [3.05, 3.63) is 151 Å². The van der Waals surface area contributed by atoms with E-state index in [4.69, 9.17) is 9.97 Å². The molecule has 0 fully saturated rings. The fourth-order valence-corrected chi connectivity index (χ4v) is 7.36. The highest BCUT2D eigenvalue weighted by Crippen LogP contribution is 2.44. The van der Waals surface area contributed by atoms with E-state index in [2.05, 4.69) is 174 Å². The number of benzene rings is 6. The van der Waals surface area contributed by atoms with E-state index in [9.17, 15) is 5.11 Å². The number of para-hydroxylation sites is 1. The van der Waals surface area contributed by atoms with Crippen LogP contribution in [0.4, 0.5) is 0 Å². The molecule has 4 nitrogen and oxygen atoms in total. The van der Waals surface area contributed by atoms with Crippen molar-refractivity contribution >= 4 is 21.8 Å². The Morgan fingerprint density at radius 1 is 0.528 bits per heavy atom. The Morgan fingerprint density at radius 2 is 1.23 bits per heavy atom. The van der Waals surface area contributed by atoms with E-state index in [1.54, 1.807) is 0 Å². The lowest BCUT2D eigenvalue weighted by Gasteiger charge is -2.27. The van der Waals surface area contributed by atoms with Crippen LogP contribution in [0.25, 0.3) is 77.8 Å². The molecule has 8 aromatic rings. The maximum absolute atomic E-state index is 11.8. The Hall–Kier alpha value is -6.00. The molecule has 0 radical (unpaired) electrons. The second kappa shape index (κ2) is 12.9. The Morgan fingerprint density at radius 3 is 1.98 bits per heavy atom. The minimum absolute atomic E-state index is 0.105. The van der Waals surface area contributed by atoms with Gasteiger partial charge in [-0.1, -0.05) is 126 Å². The smallest absolute Gasteiger partial charge is 0.144 e. The molecule has 8 rings (SSSR count). The van der Waals surface area contributed by atoms with Gasteiger partial charge in [0.2, 0.25) is 0 Å². The number of imidazole rings is 1. The van der Waals surface area contributed by atoms with Crippen LogP contribution >= 0.6 is 0 Å². The molecular weight excluding hydrogens is 647 g/mol. The van der Waals surface area contributed by atoms with E-state index < -0.39 is 0 Å². The third-order valence-corrected chi connectivity index (χ3v) is 10.4. The summed E-state index contributed by atoms with van der Waals surface area (Å²) in [6, 6.07) is 47.2. The number of hydrogen-bond donors (Lipinski definition) is 1. The van der Waals surface area contributed by atoms with Crippen molar-refractivity contribution in [1.29, 1.82) is 0 Å². The summed E-state index contributed by atoms with van der Waals surface area (Å²) in [7, 11) is 2.04. The number of aromatic nitrogens is 3. The first kappa shape index (κ1) is 34.1. The largest absolute Gasteiger partial charge is 0.507 e. The number of fused-ring (bicyclic) bond motifs is 2. The highest BCUT2D eigenvalue weighted by molar-refractivity contribution is 5.97. The van der Waals surface area contributed by atoms with Crippen molar-refractivity contribution in [2.24, 2.45) is 7.05 Å². The van der Waals surface area contributed by atoms with Crippen LogP contribution in [0.1, 0.15) is 52.7 Å². The maximum atomic E-state index is 11.8. The molecule has 1 N–H and O–H groups in total. The fraction of sp³-hybridized carbons (Fsp3) is 0.184. The molecule has 2 aromatic heterocycles. The van der Waals surface area contributed by atoms with Gasteiger partial charge in [0.15, 0.2) is 0 Å². The van der Waals surface area contributed by atoms with Gasteiger partial charge in [-0.3, -0.25) is 4.98 Å². The summed E-state index contributed by atoms with van der Waals surface area (Å²) < 4.78 is 2.11. The van der Waals surface area contributed by atoms with Crippen LogP contribution in [0.3, 0.4) is 0 Å². The first-order valence-electron chi connectivity index (χ1n) is 18.4. The van der Waals surface area contributed by atoms with Gasteiger partial charge in [0.25, 0.3) is 0 Å². The van der Waals surface area contributed by atoms with Gasteiger partial charge in [0, 0.05) is 29.9 Å². The lowest BCUT2D eigenvalue weighted by Crippen LogP contribution is -2.17. The normalized spacial score (nSPS) is 12.1. The number of phenols is 1. The number of aryl methyl sites for hydroxylation is 1. The van der Waals surface area contributed by atoms with Gasteiger partial charge < -0.3 is 9.67 Å². The molecule has 0 saturated carbocycles. The molecule has 0 amide bonds. The molecule has 0 unspecified atom stereocenters. The van der Waals surface area contributed by atoms with E-state index in [-0.39, 0.29) is 16.6 Å². The monoisotopic (exact) mass is 691 g/mol. The third-order valence-electron chi connectivity index (χ3n) is 10.4. The fourth-order valence-electron chi connectivity index (χ4n) is 7.36. The Labute approximate surface area is 312 Å². The molecule has 4 heteroatoms. The highest BCUT2D eigenvalue weighted by Gasteiger charge is 2.27. The predicted molar refractivity (Wildman–Crippen MR) is 222 cm³/mol. The first-order chi connectivity index (χ1) is 25.3. The van der Waals surface area contributed by atoms with Gasteiger partial charge >= 0.3 is 0 Å². The summed E-state index contributed by atoms with van der Waals surface area (Å²) in [6.45, 7) is 13.1. The first-order valence-corrected chi connectivity index (χ1v) is 18.4. The van der Waals surface area contributed by atoms with Crippen LogP contribution in [-0.2, 0) is 17.9 Å². The van der Waals surface area contributed by atoms with E-state index in [0.717, 1.165) is 72.6 Å². The zero-order valence-corrected chi connectivity index (χ0v) is 31.6. The van der Waals surface area contributed by atoms with Crippen LogP contribution in [0, 0.1) is 0 Å². The number of phenolic OH excluding ortho intramolecular Hbond substituents is 1. The van der Waals surface area contributed by atoms with Gasteiger partial charge in [-0.25, -0.2) is 4.98 Å². The molecule has 0 aliphatic carbocycles. The lowest BCUT2D eigenvalue weighted by molar-refractivity contribution is 0.446. The van der Waals surface area contributed by atoms with Crippen molar-refractivity contribution in [2.45, 2.75) is 52.4 Å². The van der Waals surface area contributed by atoms with Crippen LogP contribution < -0.4 is 0 Å². The van der Waals surface area contributed by atoms with E-state index >= 15 is 0 Å². The SMILES string of the molecule is Cn1c(-c2cc(C(C)(C)C)cc(C(C)(C)C)c2O)nc2c(-c3cc(-c4ccccc4)cc(-c4cc(-c5ccc6ccccc6c5)ccn4)c3)cccc21.